The highest BCUT2D eigenvalue weighted by Crippen LogP contribution is 2.26. The highest BCUT2D eigenvalue weighted by atomic mass is 32.2. The van der Waals surface area contributed by atoms with E-state index < -0.39 is 18.0 Å². The van der Waals surface area contributed by atoms with Crippen molar-refractivity contribution in [1.82, 2.24) is 15.6 Å². The van der Waals surface area contributed by atoms with Gasteiger partial charge in [-0.15, -0.1) is 0 Å². The number of aromatic nitrogens is 1. The molecule has 3 N–H and O–H groups in total. The Morgan fingerprint density at radius 1 is 1.31 bits per heavy atom. The van der Waals surface area contributed by atoms with Crippen molar-refractivity contribution in [3.63, 3.8) is 0 Å². The molecule has 2 heterocycles. The Kier molecular flexibility index (Phi) is 6.55. The van der Waals surface area contributed by atoms with Gasteiger partial charge in [-0.3, -0.25) is 9.59 Å². The number of aliphatic hydroxyl groups excluding tert-OH is 1. The minimum Gasteiger partial charge on any atom is -0.481 e. The molecule has 2 amide bonds. The normalized spacial score (nSPS) is 18.3. The molecule has 0 bridgehead atoms. The SMILES string of the molecule is COc1ccc(C(=O)NCc2cc(CC3SC(=O)NC3O)ccc2F)c(OC)n1. The number of hydrogen-bond acceptors (Lipinski definition) is 7. The lowest BCUT2D eigenvalue weighted by Gasteiger charge is -2.14. The second kappa shape index (κ2) is 9.10. The number of benzene rings is 1. The molecule has 1 saturated heterocycles. The monoisotopic (exact) mass is 421 g/mol. The number of pyridine rings is 1. The van der Waals surface area contributed by atoms with E-state index in [0.29, 0.717) is 12.3 Å². The summed E-state index contributed by atoms with van der Waals surface area (Å²) in [6.07, 6.45) is -0.571. The van der Waals surface area contributed by atoms with Crippen molar-refractivity contribution in [3.8, 4) is 11.8 Å². The van der Waals surface area contributed by atoms with E-state index in [2.05, 4.69) is 15.6 Å². The molecule has 10 heteroatoms. The molecule has 0 saturated carbocycles. The van der Waals surface area contributed by atoms with E-state index in [1.807, 2.05) is 0 Å². The second-order valence-electron chi connectivity index (χ2n) is 6.26. The summed E-state index contributed by atoms with van der Waals surface area (Å²) in [7, 11) is 2.84. The molecular weight excluding hydrogens is 401 g/mol. The summed E-state index contributed by atoms with van der Waals surface area (Å²) in [5, 5.41) is 14.2. The summed E-state index contributed by atoms with van der Waals surface area (Å²) < 4.78 is 24.3. The third-order valence-corrected chi connectivity index (χ3v) is 5.40. The van der Waals surface area contributed by atoms with Gasteiger partial charge >= 0.3 is 0 Å². The number of nitrogens with zero attached hydrogens (tertiary/aromatic N) is 1. The van der Waals surface area contributed by atoms with Gasteiger partial charge in [-0.25, -0.2) is 4.39 Å². The molecule has 1 aliphatic rings. The Balaban J connectivity index is 1.69. The van der Waals surface area contributed by atoms with Crippen LogP contribution in [0.15, 0.2) is 30.3 Å². The van der Waals surface area contributed by atoms with Crippen LogP contribution in [0, 0.1) is 5.82 Å². The fraction of sp³-hybridized carbons (Fsp3) is 0.316. The fourth-order valence-electron chi connectivity index (χ4n) is 2.86. The molecule has 2 unspecified atom stereocenters. The first-order valence-electron chi connectivity index (χ1n) is 8.71. The standard InChI is InChI=1S/C19H20FN3O5S/c1-27-15-6-4-12(18(22-15)28-2)16(24)21-9-11-7-10(3-5-13(11)20)8-14-17(25)23-19(26)29-14/h3-7,14,17,25H,8-9H2,1-2H3,(H,21,24)(H,23,26). The number of halogens is 1. The van der Waals surface area contributed by atoms with E-state index in [1.54, 1.807) is 12.1 Å². The Bertz CT molecular complexity index is 927. The predicted molar refractivity (Wildman–Crippen MR) is 105 cm³/mol. The number of amides is 2. The lowest BCUT2D eigenvalue weighted by Crippen LogP contribution is -2.31. The van der Waals surface area contributed by atoms with Gasteiger partial charge in [0.1, 0.15) is 17.6 Å². The van der Waals surface area contributed by atoms with Gasteiger partial charge in [-0.1, -0.05) is 23.9 Å². The first kappa shape index (κ1) is 20.9. The third kappa shape index (κ3) is 4.96. The minimum atomic E-state index is -0.948. The highest BCUT2D eigenvalue weighted by molar-refractivity contribution is 8.14. The van der Waals surface area contributed by atoms with E-state index in [0.717, 1.165) is 17.3 Å². The largest absolute Gasteiger partial charge is 0.481 e. The van der Waals surface area contributed by atoms with Crippen LogP contribution in [0.1, 0.15) is 21.5 Å². The summed E-state index contributed by atoms with van der Waals surface area (Å²) in [5.41, 5.74) is 1.22. The smallest absolute Gasteiger partial charge is 0.281 e. The Hall–Kier alpha value is -2.85. The molecule has 0 aliphatic carbocycles. The lowest BCUT2D eigenvalue weighted by molar-refractivity contribution is 0.0946. The van der Waals surface area contributed by atoms with Gasteiger partial charge in [0, 0.05) is 18.2 Å². The molecule has 1 fully saturated rings. The van der Waals surface area contributed by atoms with Gasteiger partial charge < -0.3 is 25.2 Å². The highest BCUT2D eigenvalue weighted by Gasteiger charge is 2.31. The van der Waals surface area contributed by atoms with E-state index in [-0.39, 0.29) is 34.0 Å². The molecule has 8 nitrogen and oxygen atoms in total. The molecule has 2 aromatic rings. The number of thioether (sulfide) groups is 1. The Morgan fingerprint density at radius 3 is 2.76 bits per heavy atom. The summed E-state index contributed by atoms with van der Waals surface area (Å²) in [4.78, 5) is 27.9. The zero-order chi connectivity index (χ0) is 21.0. The Morgan fingerprint density at radius 2 is 2.10 bits per heavy atom. The average molecular weight is 421 g/mol. The molecule has 2 atom stereocenters. The third-order valence-electron chi connectivity index (χ3n) is 4.34. The summed E-state index contributed by atoms with van der Waals surface area (Å²) in [6.45, 7) is -0.0504. The summed E-state index contributed by atoms with van der Waals surface area (Å²) in [6, 6.07) is 7.53. The van der Waals surface area contributed by atoms with Crippen molar-refractivity contribution in [3.05, 3.63) is 52.8 Å². The van der Waals surface area contributed by atoms with E-state index in [4.69, 9.17) is 9.47 Å². The van der Waals surface area contributed by atoms with Gasteiger partial charge in [0.05, 0.1) is 19.5 Å². The number of hydrogen-bond donors (Lipinski definition) is 3. The van der Waals surface area contributed by atoms with Crippen LogP contribution in [0.5, 0.6) is 11.8 Å². The molecular formula is C19H20FN3O5S. The zero-order valence-corrected chi connectivity index (χ0v) is 16.6. The summed E-state index contributed by atoms with van der Waals surface area (Å²) in [5.74, 6) is -0.543. The molecule has 0 radical (unpaired) electrons. The first-order chi connectivity index (χ1) is 13.9. The zero-order valence-electron chi connectivity index (χ0n) is 15.8. The van der Waals surface area contributed by atoms with Gasteiger partial charge in [0.15, 0.2) is 0 Å². The van der Waals surface area contributed by atoms with Crippen LogP contribution in [0.2, 0.25) is 0 Å². The molecule has 1 aromatic carbocycles. The molecule has 154 valence electrons. The predicted octanol–water partition coefficient (Wildman–Crippen LogP) is 1.85. The summed E-state index contributed by atoms with van der Waals surface area (Å²) >= 11 is 1.01. The quantitative estimate of drug-likeness (QED) is 0.626. The van der Waals surface area contributed by atoms with Crippen molar-refractivity contribution in [2.45, 2.75) is 24.4 Å². The molecule has 1 aliphatic heterocycles. The van der Waals surface area contributed by atoms with E-state index in [1.165, 1.54) is 32.4 Å². The van der Waals surface area contributed by atoms with E-state index in [9.17, 15) is 19.1 Å². The number of carbonyl (C=O) groups excluding carboxylic acids is 2. The molecule has 0 spiro atoms. The van der Waals surface area contributed by atoms with Gasteiger partial charge in [0.2, 0.25) is 11.8 Å². The minimum absolute atomic E-state index is 0.0504. The van der Waals surface area contributed by atoms with E-state index >= 15 is 0 Å². The van der Waals surface area contributed by atoms with Crippen LogP contribution < -0.4 is 20.1 Å². The number of aliphatic hydroxyl groups is 1. The fourth-order valence-corrected chi connectivity index (χ4v) is 3.80. The van der Waals surface area contributed by atoms with Crippen LogP contribution >= 0.6 is 11.8 Å². The van der Waals surface area contributed by atoms with Gasteiger partial charge in [0.25, 0.3) is 11.1 Å². The first-order valence-corrected chi connectivity index (χ1v) is 9.59. The number of carbonyl (C=O) groups is 2. The molecule has 1 aromatic heterocycles. The molecule has 29 heavy (non-hydrogen) atoms. The van der Waals surface area contributed by atoms with Crippen LogP contribution in [-0.2, 0) is 13.0 Å². The van der Waals surface area contributed by atoms with Crippen LogP contribution in [0.25, 0.3) is 0 Å². The number of ether oxygens (including phenoxy) is 2. The maximum Gasteiger partial charge on any atom is 0.281 e. The van der Waals surface area contributed by atoms with Crippen LogP contribution in [0.4, 0.5) is 9.18 Å². The topological polar surface area (TPSA) is 110 Å². The second-order valence-corrected chi connectivity index (χ2v) is 7.47. The van der Waals surface area contributed by atoms with Crippen LogP contribution in [-0.4, -0.2) is 46.9 Å². The van der Waals surface area contributed by atoms with Gasteiger partial charge in [-0.05, 0) is 24.1 Å². The lowest BCUT2D eigenvalue weighted by atomic mass is 10.0. The van der Waals surface area contributed by atoms with Gasteiger partial charge in [-0.2, -0.15) is 4.98 Å². The van der Waals surface area contributed by atoms with Crippen LogP contribution in [0.3, 0.4) is 0 Å². The van der Waals surface area contributed by atoms with Crippen molar-refractivity contribution in [2.24, 2.45) is 0 Å². The number of methoxy groups -OCH3 is 2. The van der Waals surface area contributed by atoms with Crippen molar-refractivity contribution < 1.29 is 28.6 Å². The van der Waals surface area contributed by atoms with Crippen molar-refractivity contribution in [1.29, 1.82) is 0 Å². The number of nitrogens with one attached hydrogen (secondary N) is 2. The Labute approximate surface area is 170 Å². The maximum atomic E-state index is 14.2. The number of rotatable bonds is 7. The van der Waals surface area contributed by atoms with Crippen molar-refractivity contribution >= 4 is 22.9 Å². The molecule has 3 rings (SSSR count). The maximum absolute atomic E-state index is 14.2. The van der Waals surface area contributed by atoms with Crippen molar-refractivity contribution in [2.75, 3.05) is 14.2 Å². The average Bonchev–Trinajstić information content (AvgIpc) is 3.04.